The van der Waals surface area contributed by atoms with Crippen molar-refractivity contribution in [3.63, 3.8) is 0 Å². The number of carbonyl (C=O) groups excluding carboxylic acids is 3. The minimum atomic E-state index is -0.585. The number of nitro benzene ring substituents is 1. The minimum absolute atomic E-state index is 0.0195. The quantitative estimate of drug-likeness (QED) is 0.171. The topological polar surface area (TPSA) is 119 Å². The number of amides is 3. The Kier molecular flexibility index (Phi) is 8.41. The molecule has 1 heterocycles. The van der Waals surface area contributed by atoms with E-state index in [4.69, 9.17) is 4.74 Å². The molecule has 0 unspecified atom stereocenters. The fourth-order valence-corrected chi connectivity index (χ4v) is 4.90. The Hall–Kier alpha value is -3.48. The smallest absolute Gasteiger partial charge is 0.294 e. The van der Waals surface area contributed by atoms with E-state index >= 15 is 0 Å². The number of nitrogens with one attached hydrogen (secondary N) is 1. The Bertz CT molecular complexity index is 1430. The predicted octanol–water partition coefficient (Wildman–Crippen LogP) is 6.37. The molecule has 0 aliphatic carbocycles. The van der Waals surface area contributed by atoms with E-state index in [2.05, 4.69) is 37.2 Å². The SMILES string of the molecule is O=C(CN1C(=O)S/C(=C\c2cc(Br)ccc2OCc2ccc([N+](=O)[O-])cc2)C1=O)Nc1ccccc1Br. The van der Waals surface area contributed by atoms with Crippen molar-refractivity contribution in [1.82, 2.24) is 4.90 Å². The number of nitro groups is 1. The molecule has 0 atom stereocenters. The lowest BCUT2D eigenvalue weighted by Crippen LogP contribution is -2.36. The molecule has 1 saturated heterocycles. The zero-order valence-electron chi connectivity index (χ0n) is 18.9. The van der Waals surface area contributed by atoms with E-state index in [1.807, 2.05) is 0 Å². The molecule has 3 amide bonds. The first-order chi connectivity index (χ1) is 17.7. The first-order valence-corrected chi connectivity index (χ1v) is 13.1. The number of hydrogen-bond donors (Lipinski definition) is 1. The first-order valence-electron chi connectivity index (χ1n) is 10.7. The maximum absolute atomic E-state index is 13.0. The zero-order chi connectivity index (χ0) is 26.5. The molecule has 9 nitrogen and oxygen atoms in total. The van der Waals surface area contributed by atoms with E-state index in [0.717, 1.165) is 26.7 Å². The molecule has 0 spiro atoms. The lowest BCUT2D eigenvalue weighted by molar-refractivity contribution is -0.384. The zero-order valence-corrected chi connectivity index (χ0v) is 22.8. The van der Waals surface area contributed by atoms with Gasteiger partial charge < -0.3 is 10.1 Å². The Labute approximate surface area is 232 Å². The summed E-state index contributed by atoms with van der Waals surface area (Å²) >= 11 is 7.47. The highest BCUT2D eigenvalue weighted by atomic mass is 79.9. The molecule has 4 rings (SSSR count). The third kappa shape index (κ3) is 6.64. The molecule has 3 aromatic carbocycles. The number of hydrogen-bond acceptors (Lipinski definition) is 7. The van der Waals surface area contributed by atoms with Gasteiger partial charge in [-0.15, -0.1) is 0 Å². The monoisotopic (exact) mass is 645 g/mol. The molecule has 12 heteroatoms. The van der Waals surface area contributed by atoms with E-state index in [9.17, 15) is 24.5 Å². The van der Waals surface area contributed by atoms with Crippen molar-refractivity contribution >= 4 is 78.1 Å². The molecule has 0 saturated carbocycles. The van der Waals surface area contributed by atoms with Gasteiger partial charge in [0.25, 0.3) is 16.8 Å². The highest BCUT2D eigenvalue weighted by Gasteiger charge is 2.36. The summed E-state index contributed by atoms with van der Waals surface area (Å²) in [4.78, 5) is 49.4. The van der Waals surface area contributed by atoms with Gasteiger partial charge in [0.1, 0.15) is 18.9 Å². The molecule has 1 N–H and O–H groups in total. The molecule has 1 aliphatic heterocycles. The number of halogens is 2. The average molecular weight is 647 g/mol. The van der Waals surface area contributed by atoms with Gasteiger partial charge in [0.05, 0.1) is 15.5 Å². The number of ether oxygens (including phenoxy) is 1. The van der Waals surface area contributed by atoms with Gasteiger partial charge in [-0.1, -0.05) is 28.1 Å². The Morgan fingerprint density at radius 3 is 2.51 bits per heavy atom. The van der Waals surface area contributed by atoms with Crippen LogP contribution >= 0.6 is 43.6 Å². The highest BCUT2D eigenvalue weighted by Crippen LogP contribution is 2.35. The molecule has 188 valence electrons. The standard InChI is InChI=1S/C25H17Br2N3O6S/c26-17-7-10-21(36-14-15-5-8-18(9-6-15)30(34)35)16(11-17)12-22-24(32)29(25(33)37-22)13-23(31)28-20-4-2-1-3-19(20)27/h1-12H,13-14H2,(H,28,31)/b22-12-. The van der Waals surface area contributed by atoms with Crippen molar-refractivity contribution < 1.29 is 24.0 Å². The number of benzene rings is 3. The summed E-state index contributed by atoms with van der Waals surface area (Å²) in [6.07, 6.45) is 1.53. The van der Waals surface area contributed by atoms with Crippen molar-refractivity contribution in [3.8, 4) is 5.75 Å². The van der Waals surface area contributed by atoms with Crippen LogP contribution in [-0.4, -0.2) is 33.4 Å². The molecule has 3 aromatic rings. The van der Waals surface area contributed by atoms with Crippen molar-refractivity contribution in [2.45, 2.75) is 6.61 Å². The molecule has 0 bridgehead atoms. The number of thioether (sulfide) groups is 1. The summed E-state index contributed by atoms with van der Waals surface area (Å²) in [5.74, 6) is -0.649. The van der Waals surface area contributed by atoms with Crippen LogP contribution in [0.15, 0.2) is 80.6 Å². The number of nitrogens with zero attached hydrogens (tertiary/aromatic N) is 2. The Morgan fingerprint density at radius 2 is 1.81 bits per heavy atom. The van der Waals surface area contributed by atoms with Crippen molar-refractivity contribution in [2.24, 2.45) is 0 Å². The van der Waals surface area contributed by atoms with Gasteiger partial charge >= 0.3 is 0 Å². The second kappa shape index (κ2) is 11.7. The number of rotatable bonds is 8. The lowest BCUT2D eigenvalue weighted by atomic mass is 10.1. The van der Waals surface area contributed by atoms with E-state index in [1.165, 1.54) is 18.2 Å². The van der Waals surface area contributed by atoms with Gasteiger partial charge in [0, 0.05) is 26.6 Å². The van der Waals surface area contributed by atoms with E-state index in [-0.39, 0.29) is 17.2 Å². The fraction of sp³-hybridized carbons (Fsp3) is 0.0800. The van der Waals surface area contributed by atoms with Gasteiger partial charge in [-0.3, -0.25) is 29.4 Å². The second-order valence-corrected chi connectivity index (χ2v) is 10.5. The van der Waals surface area contributed by atoms with E-state index < -0.39 is 28.5 Å². The van der Waals surface area contributed by atoms with E-state index in [1.54, 1.807) is 54.6 Å². The number of anilines is 1. The minimum Gasteiger partial charge on any atom is -0.488 e. The average Bonchev–Trinajstić information content (AvgIpc) is 3.12. The predicted molar refractivity (Wildman–Crippen MR) is 147 cm³/mol. The summed E-state index contributed by atoms with van der Waals surface area (Å²) in [5.41, 5.74) is 1.77. The maximum atomic E-state index is 13.0. The fourth-order valence-electron chi connectivity index (χ4n) is 3.31. The van der Waals surface area contributed by atoms with Crippen LogP contribution in [-0.2, 0) is 16.2 Å². The van der Waals surface area contributed by atoms with Crippen LogP contribution in [0.25, 0.3) is 6.08 Å². The van der Waals surface area contributed by atoms with Crippen LogP contribution in [0.4, 0.5) is 16.2 Å². The summed E-state index contributed by atoms with van der Waals surface area (Å²) in [5, 5.41) is 13.0. The second-order valence-electron chi connectivity index (χ2n) is 7.69. The molecule has 1 aliphatic rings. The van der Waals surface area contributed by atoms with Gasteiger partial charge in [0.2, 0.25) is 5.91 Å². The summed E-state index contributed by atoms with van der Waals surface area (Å²) in [6.45, 7) is -0.289. The van der Waals surface area contributed by atoms with Crippen LogP contribution in [0.1, 0.15) is 11.1 Å². The summed E-state index contributed by atoms with van der Waals surface area (Å²) in [6, 6.07) is 18.2. The number of non-ortho nitro benzene ring substituents is 1. The van der Waals surface area contributed by atoms with Gasteiger partial charge in [-0.05, 0) is 81.8 Å². The van der Waals surface area contributed by atoms with Crippen molar-refractivity contribution in [3.05, 3.63) is 102 Å². The molecule has 0 radical (unpaired) electrons. The molecular weight excluding hydrogens is 630 g/mol. The van der Waals surface area contributed by atoms with Crippen LogP contribution in [0.2, 0.25) is 0 Å². The van der Waals surface area contributed by atoms with Crippen LogP contribution in [0.3, 0.4) is 0 Å². The summed E-state index contributed by atoms with van der Waals surface area (Å²) in [7, 11) is 0. The molecule has 37 heavy (non-hydrogen) atoms. The third-order valence-electron chi connectivity index (χ3n) is 5.12. The summed E-state index contributed by atoms with van der Waals surface area (Å²) < 4.78 is 7.30. The van der Waals surface area contributed by atoms with Gasteiger partial charge in [0.15, 0.2) is 0 Å². The lowest BCUT2D eigenvalue weighted by Gasteiger charge is -2.13. The molecule has 1 fully saturated rings. The van der Waals surface area contributed by atoms with Gasteiger partial charge in [-0.2, -0.15) is 0 Å². The highest BCUT2D eigenvalue weighted by molar-refractivity contribution is 9.10. The van der Waals surface area contributed by atoms with Crippen LogP contribution in [0.5, 0.6) is 5.75 Å². The molecule has 0 aromatic heterocycles. The molecular formula is C25H17Br2N3O6S. The number of para-hydroxylation sites is 1. The van der Waals surface area contributed by atoms with Crippen molar-refractivity contribution in [2.75, 3.05) is 11.9 Å². The number of imide groups is 1. The van der Waals surface area contributed by atoms with Crippen LogP contribution in [0, 0.1) is 10.1 Å². The number of carbonyl (C=O) groups is 3. The van der Waals surface area contributed by atoms with Crippen LogP contribution < -0.4 is 10.1 Å². The normalized spacial score (nSPS) is 14.2. The third-order valence-corrected chi connectivity index (χ3v) is 7.22. The maximum Gasteiger partial charge on any atom is 0.294 e. The largest absolute Gasteiger partial charge is 0.488 e. The van der Waals surface area contributed by atoms with Gasteiger partial charge in [-0.25, -0.2) is 0 Å². The first kappa shape index (κ1) is 26.6. The van der Waals surface area contributed by atoms with Crippen molar-refractivity contribution in [1.29, 1.82) is 0 Å². The Morgan fingerprint density at radius 1 is 1.08 bits per heavy atom. The Balaban J connectivity index is 1.47. The van der Waals surface area contributed by atoms with E-state index in [0.29, 0.717) is 21.5 Å².